The minimum atomic E-state index is -0.552. The first-order valence-corrected chi connectivity index (χ1v) is 9.35. The van der Waals surface area contributed by atoms with Crippen molar-refractivity contribution in [3.8, 4) is 0 Å². The molecule has 0 bridgehead atoms. The van der Waals surface area contributed by atoms with Gasteiger partial charge in [0.1, 0.15) is 18.5 Å². The van der Waals surface area contributed by atoms with Crippen molar-refractivity contribution in [2.45, 2.75) is 13.0 Å². The van der Waals surface area contributed by atoms with Gasteiger partial charge in [-0.15, -0.1) is 0 Å². The third-order valence-corrected chi connectivity index (χ3v) is 5.03. The molecule has 3 aromatic rings. The smallest absolute Gasteiger partial charge is 0.229 e. The third kappa shape index (κ3) is 4.27. The van der Waals surface area contributed by atoms with Crippen LogP contribution in [0.5, 0.6) is 0 Å². The Labute approximate surface area is 171 Å². The molecule has 2 amide bonds. The standard InChI is InChI=1S/C20H17ClFN5O2/c21-17-8-16(5-6-18(17)22)27-10-14(7-19(27)28)20(29)25-15-3-1-13(2-4-15)9-26-12-23-11-24-26/h1-6,8,11-12,14H,7,9-10H2,(H,25,29). The molecule has 2 aromatic carbocycles. The molecule has 0 spiro atoms. The molecule has 148 valence electrons. The number of hydrogen-bond acceptors (Lipinski definition) is 4. The van der Waals surface area contributed by atoms with Gasteiger partial charge in [0, 0.05) is 24.3 Å². The first-order valence-electron chi connectivity index (χ1n) is 8.97. The summed E-state index contributed by atoms with van der Waals surface area (Å²) in [6.07, 6.45) is 3.19. The molecule has 0 aliphatic carbocycles. The molecule has 29 heavy (non-hydrogen) atoms. The molecule has 1 N–H and O–H groups in total. The second-order valence-corrected chi connectivity index (χ2v) is 7.19. The van der Waals surface area contributed by atoms with Crippen molar-refractivity contribution in [3.63, 3.8) is 0 Å². The Morgan fingerprint density at radius 3 is 2.72 bits per heavy atom. The van der Waals surface area contributed by atoms with E-state index < -0.39 is 11.7 Å². The maximum Gasteiger partial charge on any atom is 0.229 e. The number of carbonyl (C=O) groups excluding carboxylic acids is 2. The van der Waals surface area contributed by atoms with Gasteiger partial charge in [-0.05, 0) is 35.9 Å². The maximum atomic E-state index is 13.4. The highest BCUT2D eigenvalue weighted by Crippen LogP contribution is 2.29. The number of amides is 2. The Morgan fingerprint density at radius 2 is 2.03 bits per heavy atom. The Hall–Kier alpha value is -3.26. The quantitative estimate of drug-likeness (QED) is 0.697. The first-order chi connectivity index (χ1) is 14.0. The minimum absolute atomic E-state index is 0.0609. The number of nitrogens with zero attached hydrogens (tertiary/aromatic N) is 4. The molecule has 9 heteroatoms. The topological polar surface area (TPSA) is 80.1 Å². The van der Waals surface area contributed by atoms with E-state index in [0.717, 1.165) is 5.56 Å². The number of hydrogen-bond donors (Lipinski definition) is 1. The van der Waals surface area contributed by atoms with Crippen molar-refractivity contribution in [1.82, 2.24) is 14.8 Å². The summed E-state index contributed by atoms with van der Waals surface area (Å²) in [6.45, 7) is 0.803. The molecule has 1 aliphatic rings. The highest BCUT2D eigenvalue weighted by molar-refractivity contribution is 6.31. The number of nitrogens with one attached hydrogen (secondary N) is 1. The normalized spacial score (nSPS) is 16.3. The lowest BCUT2D eigenvalue weighted by molar-refractivity contribution is -0.122. The van der Waals surface area contributed by atoms with Crippen LogP contribution in [0.4, 0.5) is 15.8 Å². The summed E-state index contributed by atoms with van der Waals surface area (Å²) in [7, 11) is 0. The summed E-state index contributed by atoms with van der Waals surface area (Å²) in [5.74, 6) is -1.49. The molecule has 2 heterocycles. The fourth-order valence-corrected chi connectivity index (χ4v) is 3.40. The van der Waals surface area contributed by atoms with Crippen LogP contribution in [0.25, 0.3) is 0 Å². The van der Waals surface area contributed by atoms with E-state index >= 15 is 0 Å². The van der Waals surface area contributed by atoms with E-state index in [1.54, 1.807) is 23.1 Å². The summed E-state index contributed by atoms with van der Waals surface area (Å²) in [5, 5.41) is 6.84. The van der Waals surface area contributed by atoms with Gasteiger partial charge in [-0.1, -0.05) is 23.7 Å². The van der Waals surface area contributed by atoms with Gasteiger partial charge in [0.25, 0.3) is 0 Å². The van der Waals surface area contributed by atoms with Crippen LogP contribution in [0.3, 0.4) is 0 Å². The Balaban J connectivity index is 1.38. The molecule has 1 aromatic heterocycles. The van der Waals surface area contributed by atoms with Gasteiger partial charge in [0.2, 0.25) is 11.8 Å². The summed E-state index contributed by atoms with van der Waals surface area (Å²) in [6, 6.07) is 11.5. The number of halogens is 2. The fraction of sp³-hybridized carbons (Fsp3) is 0.200. The number of benzene rings is 2. The number of carbonyl (C=O) groups is 2. The lowest BCUT2D eigenvalue weighted by Gasteiger charge is -2.17. The van der Waals surface area contributed by atoms with Crippen LogP contribution >= 0.6 is 11.6 Å². The molecule has 1 saturated heterocycles. The van der Waals surface area contributed by atoms with Crippen molar-refractivity contribution in [1.29, 1.82) is 0 Å². The van der Waals surface area contributed by atoms with Gasteiger partial charge in [-0.2, -0.15) is 5.10 Å². The fourth-order valence-electron chi connectivity index (χ4n) is 3.22. The van der Waals surface area contributed by atoms with Gasteiger partial charge in [-0.25, -0.2) is 14.1 Å². The largest absolute Gasteiger partial charge is 0.326 e. The van der Waals surface area contributed by atoms with Gasteiger partial charge < -0.3 is 10.2 Å². The second-order valence-electron chi connectivity index (χ2n) is 6.78. The Morgan fingerprint density at radius 1 is 1.24 bits per heavy atom. The summed E-state index contributed by atoms with van der Waals surface area (Å²) in [5.41, 5.74) is 2.14. The number of anilines is 2. The molecule has 1 fully saturated rings. The molecule has 1 atom stereocenters. The summed E-state index contributed by atoms with van der Waals surface area (Å²) < 4.78 is 15.1. The van der Waals surface area contributed by atoms with Gasteiger partial charge in [-0.3, -0.25) is 9.59 Å². The van der Waals surface area contributed by atoms with Gasteiger partial charge >= 0.3 is 0 Å². The average Bonchev–Trinajstić information content (AvgIpc) is 3.35. The molecule has 7 nitrogen and oxygen atoms in total. The zero-order valence-corrected chi connectivity index (χ0v) is 16.0. The van der Waals surface area contributed by atoms with Crippen LogP contribution in [0.15, 0.2) is 55.1 Å². The SMILES string of the molecule is O=C(Nc1ccc(Cn2cncn2)cc1)C1CC(=O)N(c2ccc(F)c(Cl)c2)C1. The molecule has 1 unspecified atom stereocenters. The van der Waals surface area contributed by atoms with Crippen molar-refractivity contribution < 1.29 is 14.0 Å². The van der Waals surface area contributed by atoms with Crippen molar-refractivity contribution in [3.05, 3.63) is 71.5 Å². The highest BCUT2D eigenvalue weighted by Gasteiger charge is 2.35. The minimum Gasteiger partial charge on any atom is -0.326 e. The molecular formula is C20H17ClFN5O2. The Bertz CT molecular complexity index is 1040. The van der Waals surface area contributed by atoms with Crippen LogP contribution in [-0.4, -0.2) is 33.1 Å². The van der Waals surface area contributed by atoms with Crippen LogP contribution in [0.2, 0.25) is 5.02 Å². The maximum absolute atomic E-state index is 13.4. The molecule has 0 radical (unpaired) electrons. The van der Waals surface area contributed by atoms with E-state index in [2.05, 4.69) is 15.4 Å². The molecule has 0 saturated carbocycles. The van der Waals surface area contributed by atoms with E-state index in [-0.39, 0.29) is 29.8 Å². The van der Waals surface area contributed by atoms with E-state index in [1.807, 2.05) is 12.1 Å². The van der Waals surface area contributed by atoms with Crippen molar-refractivity contribution in [2.75, 3.05) is 16.8 Å². The first kappa shape index (κ1) is 19.1. The Kier molecular flexibility index (Phi) is 5.26. The van der Waals surface area contributed by atoms with Crippen LogP contribution in [0, 0.1) is 11.7 Å². The zero-order valence-electron chi connectivity index (χ0n) is 15.3. The highest BCUT2D eigenvalue weighted by atomic mass is 35.5. The molecule has 4 rings (SSSR count). The van der Waals surface area contributed by atoms with E-state index in [4.69, 9.17) is 11.6 Å². The van der Waals surface area contributed by atoms with Crippen molar-refractivity contribution >= 4 is 34.8 Å². The third-order valence-electron chi connectivity index (χ3n) is 4.74. The van der Waals surface area contributed by atoms with E-state index in [9.17, 15) is 14.0 Å². The monoisotopic (exact) mass is 413 g/mol. The summed E-state index contributed by atoms with van der Waals surface area (Å²) in [4.78, 5) is 30.3. The summed E-state index contributed by atoms with van der Waals surface area (Å²) >= 11 is 5.80. The van der Waals surface area contributed by atoms with E-state index in [0.29, 0.717) is 17.9 Å². The predicted molar refractivity (Wildman–Crippen MR) is 106 cm³/mol. The van der Waals surface area contributed by atoms with Crippen molar-refractivity contribution in [2.24, 2.45) is 5.92 Å². The lowest BCUT2D eigenvalue weighted by atomic mass is 10.1. The zero-order chi connectivity index (χ0) is 20.4. The lowest BCUT2D eigenvalue weighted by Crippen LogP contribution is -2.28. The number of rotatable bonds is 5. The van der Waals surface area contributed by atoms with Crippen LogP contribution in [-0.2, 0) is 16.1 Å². The van der Waals surface area contributed by atoms with Gasteiger partial charge in [0.15, 0.2) is 0 Å². The van der Waals surface area contributed by atoms with Crippen LogP contribution < -0.4 is 10.2 Å². The van der Waals surface area contributed by atoms with E-state index in [1.165, 1.54) is 29.4 Å². The van der Waals surface area contributed by atoms with Crippen LogP contribution in [0.1, 0.15) is 12.0 Å². The van der Waals surface area contributed by atoms with Gasteiger partial charge in [0.05, 0.1) is 17.5 Å². The second kappa shape index (κ2) is 8.00. The number of aromatic nitrogens is 3. The molecule has 1 aliphatic heterocycles. The average molecular weight is 414 g/mol. The predicted octanol–water partition coefficient (Wildman–Crippen LogP) is 3.11. The molecular weight excluding hydrogens is 397 g/mol.